The van der Waals surface area contributed by atoms with E-state index in [1.165, 1.54) is 0 Å². The quantitative estimate of drug-likeness (QED) is 0.809. The average molecular weight is 356 g/mol. The second kappa shape index (κ2) is 7.41. The van der Waals surface area contributed by atoms with Gasteiger partial charge in [-0.25, -0.2) is 14.8 Å². The Morgan fingerprint density at radius 3 is 2.73 bits per heavy atom. The molecule has 0 N–H and O–H groups in total. The molecule has 0 radical (unpaired) electrons. The molecule has 0 saturated carbocycles. The molecule has 2 fully saturated rings. The monoisotopic (exact) mass is 356 g/mol. The predicted molar refractivity (Wildman–Crippen MR) is 98.1 cm³/mol. The molecule has 138 valence electrons. The van der Waals surface area contributed by atoms with E-state index in [0.29, 0.717) is 26.3 Å². The molecule has 4 heterocycles. The van der Waals surface area contributed by atoms with E-state index in [4.69, 9.17) is 4.74 Å². The van der Waals surface area contributed by atoms with Gasteiger partial charge in [-0.05, 0) is 18.9 Å². The minimum atomic E-state index is 0.116. The molecule has 2 amide bonds. The highest BCUT2D eigenvalue weighted by Gasteiger charge is 2.29. The summed E-state index contributed by atoms with van der Waals surface area (Å²) >= 11 is 0. The molecule has 0 aliphatic carbocycles. The molecular weight excluding hydrogens is 332 g/mol. The smallest absolute Gasteiger partial charge is 0.320 e. The Labute approximate surface area is 152 Å². The van der Waals surface area contributed by atoms with E-state index >= 15 is 0 Å². The van der Waals surface area contributed by atoms with Gasteiger partial charge < -0.3 is 19.4 Å². The number of carbonyl (C=O) groups excluding carboxylic acids is 1. The fraction of sp³-hybridized carbons (Fsp3) is 0.556. The molecule has 0 unspecified atom stereocenters. The van der Waals surface area contributed by atoms with Crippen LogP contribution in [0.1, 0.15) is 12.8 Å². The van der Waals surface area contributed by atoms with Gasteiger partial charge in [0.2, 0.25) is 0 Å². The number of rotatable bonds is 2. The maximum atomic E-state index is 12.7. The van der Waals surface area contributed by atoms with Crippen LogP contribution in [0.4, 0.5) is 10.6 Å². The number of hydrogen-bond acceptors (Lipinski definition) is 6. The molecule has 26 heavy (non-hydrogen) atoms. The molecule has 8 nitrogen and oxygen atoms in total. The van der Waals surface area contributed by atoms with Crippen LogP contribution in [-0.2, 0) is 4.74 Å². The van der Waals surface area contributed by atoms with E-state index in [1.54, 1.807) is 18.7 Å². The Morgan fingerprint density at radius 1 is 1.19 bits per heavy atom. The Hall–Kier alpha value is -2.48. The van der Waals surface area contributed by atoms with Crippen molar-refractivity contribution in [3.8, 4) is 0 Å². The van der Waals surface area contributed by atoms with Crippen LogP contribution in [0, 0.1) is 0 Å². The molecule has 0 bridgehead atoms. The third-order valence-electron chi connectivity index (χ3n) is 5.31. The summed E-state index contributed by atoms with van der Waals surface area (Å²) in [6, 6.07) is 2.34. The minimum Gasteiger partial charge on any atom is -0.378 e. The number of anilines is 1. The van der Waals surface area contributed by atoms with E-state index < -0.39 is 0 Å². The lowest BCUT2D eigenvalue weighted by Crippen LogP contribution is -2.52. The number of hydrogen-bond donors (Lipinski definition) is 0. The maximum absolute atomic E-state index is 12.7. The van der Waals surface area contributed by atoms with Gasteiger partial charge in [-0.2, -0.15) is 0 Å². The number of urea groups is 1. The lowest BCUT2D eigenvalue weighted by molar-refractivity contribution is 0.0409. The van der Waals surface area contributed by atoms with Gasteiger partial charge in [-0.15, -0.1) is 0 Å². The number of ether oxygens (including phenoxy) is 1. The number of pyridine rings is 1. The molecule has 0 aromatic carbocycles. The topological polar surface area (TPSA) is 74.7 Å². The van der Waals surface area contributed by atoms with Crippen LogP contribution < -0.4 is 4.90 Å². The zero-order chi connectivity index (χ0) is 17.9. The molecule has 4 rings (SSSR count). The van der Waals surface area contributed by atoms with Crippen LogP contribution in [0.25, 0.3) is 10.9 Å². The molecule has 2 aliphatic heterocycles. The molecule has 2 aromatic rings. The summed E-state index contributed by atoms with van der Waals surface area (Å²) in [5, 5.41) is 1.03. The van der Waals surface area contributed by atoms with Gasteiger partial charge in [0, 0.05) is 50.9 Å². The summed E-state index contributed by atoms with van der Waals surface area (Å²) < 4.78 is 5.34. The normalized spacial score (nSPS) is 19.0. The van der Waals surface area contributed by atoms with Gasteiger partial charge in [0.25, 0.3) is 0 Å². The molecule has 2 saturated heterocycles. The van der Waals surface area contributed by atoms with Gasteiger partial charge >= 0.3 is 6.03 Å². The van der Waals surface area contributed by atoms with E-state index in [-0.39, 0.29) is 12.1 Å². The van der Waals surface area contributed by atoms with Crippen molar-refractivity contribution in [2.24, 2.45) is 0 Å². The van der Waals surface area contributed by atoms with E-state index in [2.05, 4.69) is 19.9 Å². The van der Waals surface area contributed by atoms with Gasteiger partial charge in [0.05, 0.1) is 24.9 Å². The van der Waals surface area contributed by atoms with Crippen LogP contribution in [0.15, 0.2) is 24.8 Å². The summed E-state index contributed by atoms with van der Waals surface area (Å²) in [7, 11) is 1.92. The summed E-state index contributed by atoms with van der Waals surface area (Å²) in [4.78, 5) is 31.7. The molecule has 2 aromatic heterocycles. The lowest BCUT2D eigenvalue weighted by Gasteiger charge is -2.40. The fourth-order valence-electron chi connectivity index (χ4n) is 3.74. The van der Waals surface area contributed by atoms with Gasteiger partial charge in [0.15, 0.2) is 0 Å². The van der Waals surface area contributed by atoms with Crippen molar-refractivity contribution >= 4 is 22.8 Å². The third-order valence-corrected chi connectivity index (χ3v) is 5.31. The van der Waals surface area contributed by atoms with Gasteiger partial charge in [0.1, 0.15) is 12.1 Å². The van der Waals surface area contributed by atoms with Crippen LogP contribution in [0.5, 0.6) is 0 Å². The Bertz CT molecular complexity index is 766. The van der Waals surface area contributed by atoms with Crippen molar-refractivity contribution in [3.63, 3.8) is 0 Å². The van der Waals surface area contributed by atoms with Crippen LogP contribution in [0.3, 0.4) is 0 Å². The van der Waals surface area contributed by atoms with E-state index in [9.17, 15) is 4.79 Å². The first-order valence-corrected chi connectivity index (χ1v) is 9.13. The first kappa shape index (κ1) is 17.0. The SMILES string of the molecule is CN(C(=O)N1CCOCC1)C1CCN(c2ncnc3cnccc23)CC1. The van der Waals surface area contributed by atoms with Gasteiger partial charge in [-0.1, -0.05) is 0 Å². The largest absolute Gasteiger partial charge is 0.378 e. The molecule has 0 atom stereocenters. The second-order valence-electron chi connectivity index (χ2n) is 6.80. The average Bonchev–Trinajstić information content (AvgIpc) is 2.73. The standard InChI is InChI=1S/C18H24N6O2/c1-22(18(25)24-8-10-26-11-9-24)14-3-6-23(7-4-14)17-15-2-5-19-12-16(15)20-13-21-17/h2,5,12-14H,3-4,6-11H2,1H3. The van der Waals surface area contributed by atoms with Crippen LogP contribution in [0.2, 0.25) is 0 Å². The number of piperidine rings is 1. The zero-order valence-electron chi connectivity index (χ0n) is 15.0. The summed E-state index contributed by atoms with van der Waals surface area (Å²) in [6.45, 7) is 4.38. The van der Waals surface area contributed by atoms with E-state index in [0.717, 1.165) is 42.7 Å². The first-order valence-electron chi connectivity index (χ1n) is 9.13. The van der Waals surface area contributed by atoms with Crippen molar-refractivity contribution in [3.05, 3.63) is 24.8 Å². The summed E-state index contributed by atoms with van der Waals surface area (Å²) in [6.07, 6.45) is 7.00. The van der Waals surface area contributed by atoms with Crippen LogP contribution in [-0.4, -0.2) is 83.3 Å². The van der Waals surface area contributed by atoms with Crippen molar-refractivity contribution in [1.29, 1.82) is 0 Å². The molecular formula is C18H24N6O2. The Morgan fingerprint density at radius 2 is 1.96 bits per heavy atom. The number of carbonyl (C=O) groups is 1. The first-order chi connectivity index (χ1) is 12.7. The van der Waals surface area contributed by atoms with E-state index in [1.807, 2.05) is 22.9 Å². The zero-order valence-corrected chi connectivity index (χ0v) is 15.0. The molecule has 0 spiro atoms. The van der Waals surface area contributed by atoms with Crippen molar-refractivity contribution < 1.29 is 9.53 Å². The Kier molecular flexibility index (Phi) is 4.83. The number of morpholine rings is 1. The summed E-state index contributed by atoms with van der Waals surface area (Å²) in [5.41, 5.74) is 0.860. The lowest BCUT2D eigenvalue weighted by atomic mass is 10.0. The Balaban J connectivity index is 1.41. The van der Waals surface area contributed by atoms with Crippen molar-refractivity contribution in [1.82, 2.24) is 24.8 Å². The highest BCUT2D eigenvalue weighted by molar-refractivity contribution is 5.88. The molecule has 8 heteroatoms. The highest BCUT2D eigenvalue weighted by atomic mass is 16.5. The molecule has 2 aliphatic rings. The van der Waals surface area contributed by atoms with Crippen molar-refractivity contribution in [2.75, 3.05) is 51.3 Å². The predicted octanol–water partition coefficient (Wildman–Crippen LogP) is 1.38. The number of fused-ring (bicyclic) bond motifs is 1. The fourth-order valence-corrected chi connectivity index (χ4v) is 3.74. The van der Waals surface area contributed by atoms with Crippen molar-refractivity contribution in [2.45, 2.75) is 18.9 Å². The number of nitrogens with zero attached hydrogens (tertiary/aromatic N) is 6. The second-order valence-corrected chi connectivity index (χ2v) is 6.80. The minimum absolute atomic E-state index is 0.116. The maximum Gasteiger partial charge on any atom is 0.320 e. The number of amides is 2. The number of aromatic nitrogens is 3. The van der Waals surface area contributed by atoms with Gasteiger partial charge in [-0.3, -0.25) is 4.98 Å². The van der Waals surface area contributed by atoms with Crippen LogP contribution >= 0.6 is 0 Å². The highest BCUT2D eigenvalue weighted by Crippen LogP contribution is 2.26. The summed E-state index contributed by atoms with van der Waals surface area (Å²) in [5.74, 6) is 0.956. The third kappa shape index (κ3) is 3.29.